The molecule has 0 atom stereocenters. The number of nitrogens with one attached hydrogen (secondary N) is 1. The van der Waals surface area contributed by atoms with Gasteiger partial charge in [0.05, 0.1) is 32.0 Å². The van der Waals surface area contributed by atoms with Crippen LogP contribution in [0.3, 0.4) is 0 Å². The third-order valence-corrected chi connectivity index (χ3v) is 3.76. The molecule has 1 N–H and O–H groups in total. The predicted octanol–water partition coefficient (Wildman–Crippen LogP) is 3.91. The summed E-state index contributed by atoms with van der Waals surface area (Å²) < 4.78 is 15.5. The van der Waals surface area contributed by atoms with Crippen molar-refractivity contribution in [1.29, 1.82) is 0 Å². The summed E-state index contributed by atoms with van der Waals surface area (Å²) in [6, 6.07) is 11.5. The minimum Gasteiger partial charge on any atom is -0.497 e. The van der Waals surface area contributed by atoms with Crippen molar-refractivity contribution >= 4 is 17.6 Å². The van der Waals surface area contributed by atoms with Crippen molar-refractivity contribution in [2.75, 3.05) is 26.1 Å². The first-order valence-corrected chi connectivity index (χ1v) is 8.39. The highest BCUT2D eigenvalue weighted by atomic mass is 16.5. The molecule has 0 saturated heterocycles. The lowest BCUT2D eigenvalue weighted by molar-refractivity contribution is 0.0499. The maximum absolute atomic E-state index is 12.5. The van der Waals surface area contributed by atoms with E-state index in [2.05, 4.69) is 5.32 Å². The Bertz CT molecular complexity index is 755. The molecule has 2 rings (SSSR count). The van der Waals surface area contributed by atoms with Crippen molar-refractivity contribution in [3.63, 3.8) is 0 Å². The second-order valence-electron chi connectivity index (χ2n) is 5.59. The normalized spacial score (nSPS) is 10.1. The number of hydrogen-bond donors (Lipinski definition) is 1. The number of methoxy groups -OCH3 is 2. The molecule has 1 amide bonds. The molecule has 138 valence electrons. The molecule has 2 aromatic rings. The van der Waals surface area contributed by atoms with Crippen LogP contribution < -0.4 is 14.8 Å². The zero-order valence-corrected chi connectivity index (χ0v) is 15.2. The van der Waals surface area contributed by atoms with E-state index < -0.39 is 0 Å². The number of anilines is 1. The summed E-state index contributed by atoms with van der Waals surface area (Å²) >= 11 is 0. The van der Waals surface area contributed by atoms with Crippen LogP contribution in [-0.2, 0) is 4.74 Å². The molecule has 6 nitrogen and oxygen atoms in total. The van der Waals surface area contributed by atoms with Crippen molar-refractivity contribution in [3.05, 3.63) is 53.6 Å². The molecule has 0 aliphatic carbocycles. The molecule has 6 heteroatoms. The van der Waals surface area contributed by atoms with Gasteiger partial charge in [0.15, 0.2) is 0 Å². The molecule has 0 fully saturated rings. The third-order valence-electron chi connectivity index (χ3n) is 3.76. The number of carbonyl (C=O) groups excluding carboxylic acids is 2. The number of benzene rings is 2. The summed E-state index contributed by atoms with van der Waals surface area (Å²) in [6.07, 6.45) is 1.80. The zero-order chi connectivity index (χ0) is 18.9. The molecule has 0 aromatic heterocycles. The Balaban J connectivity index is 2.04. The quantitative estimate of drug-likeness (QED) is 0.573. The summed E-state index contributed by atoms with van der Waals surface area (Å²) in [6.45, 7) is 2.44. The largest absolute Gasteiger partial charge is 0.497 e. The summed E-state index contributed by atoms with van der Waals surface area (Å²) in [5.41, 5.74) is 1.40. The average molecular weight is 357 g/mol. The molecule has 0 radical (unpaired) electrons. The summed E-state index contributed by atoms with van der Waals surface area (Å²) in [4.78, 5) is 24.3. The first-order chi connectivity index (χ1) is 12.6. The van der Waals surface area contributed by atoms with Gasteiger partial charge >= 0.3 is 5.97 Å². The van der Waals surface area contributed by atoms with Crippen molar-refractivity contribution in [2.45, 2.75) is 19.8 Å². The zero-order valence-electron chi connectivity index (χ0n) is 15.2. The molecular weight excluding hydrogens is 334 g/mol. The van der Waals surface area contributed by atoms with Gasteiger partial charge in [0.25, 0.3) is 5.91 Å². The lowest BCUT2D eigenvalue weighted by Crippen LogP contribution is -2.13. The fourth-order valence-electron chi connectivity index (χ4n) is 2.27. The SMILES string of the molecule is CCCCOC(=O)c1ccc(NC(=O)c2ccc(OC)cc2OC)cc1. The summed E-state index contributed by atoms with van der Waals surface area (Å²) in [5, 5.41) is 2.78. The van der Waals surface area contributed by atoms with Gasteiger partial charge in [0.1, 0.15) is 11.5 Å². The topological polar surface area (TPSA) is 73.9 Å². The average Bonchev–Trinajstić information content (AvgIpc) is 2.68. The first-order valence-electron chi connectivity index (χ1n) is 8.39. The Morgan fingerprint density at radius 1 is 1.00 bits per heavy atom. The van der Waals surface area contributed by atoms with Crippen molar-refractivity contribution in [3.8, 4) is 11.5 Å². The van der Waals surface area contributed by atoms with Crippen LogP contribution in [0.15, 0.2) is 42.5 Å². The Hall–Kier alpha value is -3.02. The second kappa shape index (κ2) is 9.46. The molecule has 0 spiro atoms. The predicted molar refractivity (Wildman–Crippen MR) is 99.1 cm³/mol. The van der Waals surface area contributed by atoms with Gasteiger partial charge in [-0.15, -0.1) is 0 Å². The van der Waals surface area contributed by atoms with Gasteiger partial charge in [-0.05, 0) is 42.8 Å². The van der Waals surface area contributed by atoms with Crippen LogP contribution in [0.2, 0.25) is 0 Å². The van der Waals surface area contributed by atoms with E-state index in [0.29, 0.717) is 34.9 Å². The molecule has 0 bridgehead atoms. The number of rotatable bonds is 8. The third kappa shape index (κ3) is 4.99. The Morgan fingerprint density at radius 2 is 1.73 bits per heavy atom. The van der Waals surface area contributed by atoms with Gasteiger partial charge in [-0.3, -0.25) is 4.79 Å². The van der Waals surface area contributed by atoms with Gasteiger partial charge in [-0.1, -0.05) is 13.3 Å². The highest BCUT2D eigenvalue weighted by molar-refractivity contribution is 6.06. The molecule has 0 unspecified atom stereocenters. The second-order valence-corrected chi connectivity index (χ2v) is 5.59. The van der Waals surface area contributed by atoms with Crippen molar-refractivity contribution in [2.24, 2.45) is 0 Å². The van der Waals surface area contributed by atoms with E-state index >= 15 is 0 Å². The number of ether oxygens (including phenoxy) is 3. The van der Waals surface area contributed by atoms with Crippen LogP contribution in [-0.4, -0.2) is 32.7 Å². The van der Waals surface area contributed by atoms with E-state index in [1.165, 1.54) is 7.11 Å². The number of unbranched alkanes of at least 4 members (excludes halogenated alkanes) is 1. The van der Waals surface area contributed by atoms with E-state index in [0.717, 1.165) is 12.8 Å². The van der Waals surface area contributed by atoms with Gasteiger partial charge in [-0.25, -0.2) is 4.79 Å². The van der Waals surface area contributed by atoms with Gasteiger partial charge in [0.2, 0.25) is 0 Å². The monoisotopic (exact) mass is 357 g/mol. The van der Waals surface area contributed by atoms with Crippen LogP contribution in [0.25, 0.3) is 0 Å². The molecule has 26 heavy (non-hydrogen) atoms. The van der Waals surface area contributed by atoms with Crippen LogP contribution >= 0.6 is 0 Å². The minimum absolute atomic E-state index is 0.317. The van der Waals surface area contributed by atoms with Gasteiger partial charge in [0, 0.05) is 11.8 Å². The maximum atomic E-state index is 12.5. The van der Waals surface area contributed by atoms with Crippen molar-refractivity contribution < 1.29 is 23.8 Å². The maximum Gasteiger partial charge on any atom is 0.338 e. The van der Waals surface area contributed by atoms with E-state index in [9.17, 15) is 9.59 Å². The molecule has 0 heterocycles. The Kier molecular flexibility index (Phi) is 7.02. The van der Waals surface area contributed by atoms with Crippen LogP contribution in [0, 0.1) is 0 Å². The lowest BCUT2D eigenvalue weighted by Gasteiger charge is -2.11. The van der Waals surface area contributed by atoms with Crippen molar-refractivity contribution in [1.82, 2.24) is 0 Å². The number of esters is 1. The fourth-order valence-corrected chi connectivity index (χ4v) is 2.27. The van der Waals surface area contributed by atoms with Gasteiger partial charge < -0.3 is 19.5 Å². The highest BCUT2D eigenvalue weighted by Gasteiger charge is 2.14. The number of amides is 1. The van der Waals surface area contributed by atoms with Crippen LogP contribution in [0.1, 0.15) is 40.5 Å². The minimum atomic E-state index is -0.367. The molecule has 0 aliphatic heterocycles. The number of carbonyl (C=O) groups is 2. The first kappa shape index (κ1) is 19.3. The Morgan fingerprint density at radius 3 is 2.35 bits per heavy atom. The van der Waals surface area contributed by atoms with E-state index in [4.69, 9.17) is 14.2 Å². The highest BCUT2D eigenvalue weighted by Crippen LogP contribution is 2.25. The molecule has 2 aromatic carbocycles. The smallest absolute Gasteiger partial charge is 0.338 e. The van der Waals surface area contributed by atoms with Gasteiger partial charge in [-0.2, -0.15) is 0 Å². The van der Waals surface area contributed by atoms with Crippen LogP contribution in [0.5, 0.6) is 11.5 Å². The van der Waals surface area contributed by atoms with E-state index in [1.807, 2.05) is 6.92 Å². The standard InChI is InChI=1S/C20H23NO5/c1-4-5-12-26-20(23)14-6-8-15(9-7-14)21-19(22)17-11-10-16(24-2)13-18(17)25-3/h6-11,13H,4-5,12H2,1-3H3,(H,21,22). The van der Waals surface area contributed by atoms with E-state index in [1.54, 1.807) is 49.6 Å². The number of hydrogen-bond acceptors (Lipinski definition) is 5. The molecular formula is C20H23NO5. The summed E-state index contributed by atoms with van der Waals surface area (Å²) in [7, 11) is 3.04. The molecule has 0 aliphatic rings. The van der Waals surface area contributed by atoms with Crippen LogP contribution in [0.4, 0.5) is 5.69 Å². The Labute approximate surface area is 153 Å². The molecule has 0 saturated carbocycles. The fraction of sp³-hybridized carbons (Fsp3) is 0.300. The summed E-state index contributed by atoms with van der Waals surface area (Å²) in [5.74, 6) is 0.332. The van der Waals surface area contributed by atoms with E-state index in [-0.39, 0.29) is 11.9 Å². The lowest BCUT2D eigenvalue weighted by atomic mass is 10.1.